The lowest BCUT2D eigenvalue weighted by atomic mass is 10.2. The summed E-state index contributed by atoms with van der Waals surface area (Å²) >= 11 is 4.75. The summed E-state index contributed by atoms with van der Waals surface area (Å²) in [6.07, 6.45) is 1.87. The van der Waals surface area contributed by atoms with E-state index in [0.29, 0.717) is 11.3 Å². The number of nitrogens with one attached hydrogen (secondary N) is 2. The summed E-state index contributed by atoms with van der Waals surface area (Å²) in [5.74, 6) is -0.441. The van der Waals surface area contributed by atoms with Gasteiger partial charge in [-0.05, 0) is 42.3 Å². The molecule has 104 valence electrons. The van der Waals surface area contributed by atoms with Crippen molar-refractivity contribution in [3.05, 3.63) is 58.4 Å². The van der Waals surface area contributed by atoms with Gasteiger partial charge in [-0.25, -0.2) is 4.39 Å². The van der Waals surface area contributed by atoms with Crippen LogP contribution in [0.5, 0.6) is 0 Å². The van der Waals surface area contributed by atoms with E-state index in [4.69, 9.17) is 5.26 Å². The normalized spacial score (nSPS) is 10.5. The van der Waals surface area contributed by atoms with Gasteiger partial charge < -0.3 is 9.71 Å². The Morgan fingerprint density at radius 1 is 1.24 bits per heavy atom. The fraction of sp³-hybridized carbons (Fsp3) is 0. The second kappa shape index (κ2) is 5.80. The quantitative estimate of drug-likeness (QED) is 0.641. The van der Waals surface area contributed by atoms with Crippen LogP contribution in [0.15, 0.2) is 52.0 Å². The van der Waals surface area contributed by atoms with E-state index in [1.54, 1.807) is 12.1 Å². The first-order valence-corrected chi connectivity index (χ1v) is 7.67. The third kappa shape index (κ3) is 2.89. The van der Waals surface area contributed by atoms with Crippen LogP contribution in [0, 0.1) is 17.1 Å². The Morgan fingerprint density at radius 2 is 2.10 bits per heavy atom. The molecule has 0 atom stereocenters. The molecule has 0 saturated heterocycles. The largest absolute Gasteiger partial charge is 0.360 e. The molecule has 2 aromatic carbocycles. The van der Waals surface area contributed by atoms with Crippen molar-refractivity contribution in [1.29, 1.82) is 5.26 Å². The first kappa shape index (κ1) is 14.0. The molecule has 1 heterocycles. The molecule has 0 fully saturated rings. The van der Waals surface area contributed by atoms with Crippen molar-refractivity contribution < 1.29 is 4.39 Å². The standard InChI is InChI=1S/C15H9BrFN3S/c16-10-2-3-11-14(6-10)19-8-15(11)21-20-13-4-1-9(7-18)5-12(13)17/h1-6,8,19-20H. The number of aromatic nitrogens is 1. The minimum absolute atomic E-state index is 0.306. The van der Waals surface area contributed by atoms with Crippen LogP contribution in [-0.2, 0) is 0 Å². The van der Waals surface area contributed by atoms with E-state index in [1.165, 1.54) is 18.0 Å². The average molecular weight is 362 g/mol. The number of benzene rings is 2. The van der Waals surface area contributed by atoms with Crippen molar-refractivity contribution in [1.82, 2.24) is 4.98 Å². The van der Waals surface area contributed by atoms with Gasteiger partial charge >= 0.3 is 0 Å². The number of rotatable bonds is 3. The molecule has 21 heavy (non-hydrogen) atoms. The number of anilines is 1. The van der Waals surface area contributed by atoms with Crippen LogP contribution >= 0.6 is 27.9 Å². The maximum atomic E-state index is 13.8. The van der Waals surface area contributed by atoms with E-state index in [1.807, 2.05) is 30.5 Å². The molecule has 0 spiro atoms. The van der Waals surface area contributed by atoms with Crippen LogP contribution in [-0.4, -0.2) is 4.98 Å². The maximum Gasteiger partial charge on any atom is 0.148 e. The van der Waals surface area contributed by atoms with Gasteiger partial charge in [0.25, 0.3) is 0 Å². The van der Waals surface area contributed by atoms with Gasteiger partial charge in [-0.3, -0.25) is 0 Å². The van der Waals surface area contributed by atoms with Crippen LogP contribution in [0.4, 0.5) is 10.1 Å². The van der Waals surface area contributed by atoms with Gasteiger partial charge in [0.1, 0.15) is 5.82 Å². The van der Waals surface area contributed by atoms with Gasteiger partial charge in [-0.15, -0.1) is 0 Å². The molecule has 3 rings (SSSR count). The van der Waals surface area contributed by atoms with E-state index in [9.17, 15) is 4.39 Å². The summed E-state index contributed by atoms with van der Waals surface area (Å²) in [6.45, 7) is 0. The van der Waals surface area contributed by atoms with Gasteiger partial charge in [0.2, 0.25) is 0 Å². The van der Waals surface area contributed by atoms with Crippen molar-refractivity contribution in [3.8, 4) is 6.07 Å². The van der Waals surface area contributed by atoms with Gasteiger partial charge in [-0.1, -0.05) is 22.0 Å². The minimum Gasteiger partial charge on any atom is -0.360 e. The number of nitrogens with zero attached hydrogens (tertiary/aromatic N) is 1. The van der Waals surface area contributed by atoms with Gasteiger partial charge in [0, 0.05) is 21.6 Å². The molecule has 0 aliphatic heterocycles. The lowest BCUT2D eigenvalue weighted by molar-refractivity contribution is 0.632. The molecular formula is C15H9BrFN3S. The summed E-state index contributed by atoms with van der Waals surface area (Å²) in [6, 6.07) is 12.2. The molecule has 1 aromatic heterocycles. The number of hydrogen-bond donors (Lipinski definition) is 2. The minimum atomic E-state index is -0.441. The number of nitriles is 1. The highest BCUT2D eigenvalue weighted by Crippen LogP contribution is 2.31. The van der Waals surface area contributed by atoms with Gasteiger partial charge in [0.15, 0.2) is 0 Å². The highest BCUT2D eigenvalue weighted by atomic mass is 79.9. The molecular weight excluding hydrogens is 353 g/mol. The molecule has 0 aliphatic carbocycles. The van der Waals surface area contributed by atoms with Gasteiger partial charge in [0.05, 0.1) is 22.2 Å². The zero-order valence-electron chi connectivity index (χ0n) is 10.7. The molecule has 0 saturated carbocycles. The van der Waals surface area contributed by atoms with Crippen molar-refractivity contribution in [2.45, 2.75) is 4.90 Å². The van der Waals surface area contributed by atoms with E-state index in [2.05, 4.69) is 25.6 Å². The number of halogens is 2. The smallest absolute Gasteiger partial charge is 0.148 e. The fourth-order valence-corrected chi connectivity index (χ4v) is 3.09. The zero-order valence-corrected chi connectivity index (χ0v) is 13.1. The molecule has 0 aliphatic rings. The predicted molar refractivity (Wildman–Crippen MR) is 86.6 cm³/mol. The van der Waals surface area contributed by atoms with E-state index in [-0.39, 0.29) is 0 Å². The summed E-state index contributed by atoms with van der Waals surface area (Å²) in [5.41, 5.74) is 1.67. The molecule has 3 aromatic rings. The fourth-order valence-electron chi connectivity index (χ4n) is 1.93. The predicted octanol–water partition coefficient (Wildman–Crippen LogP) is 5.06. The lowest BCUT2D eigenvalue weighted by Crippen LogP contribution is -1.91. The van der Waals surface area contributed by atoms with Crippen molar-refractivity contribution in [2.24, 2.45) is 0 Å². The first-order chi connectivity index (χ1) is 10.2. The monoisotopic (exact) mass is 361 g/mol. The summed E-state index contributed by atoms with van der Waals surface area (Å²) in [5, 5.41) is 9.78. The van der Waals surface area contributed by atoms with Gasteiger partial charge in [-0.2, -0.15) is 5.26 Å². The van der Waals surface area contributed by atoms with E-state index < -0.39 is 5.82 Å². The Bertz CT molecular complexity index is 854. The third-order valence-electron chi connectivity index (χ3n) is 2.97. The molecule has 6 heteroatoms. The lowest BCUT2D eigenvalue weighted by Gasteiger charge is -2.06. The number of hydrogen-bond acceptors (Lipinski definition) is 3. The Balaban J connectivity index is 1.82. The van der Waals surface area contributed by atoms with Crippen LogP contribution < -0.4 is 4.72 Å². The van der Waals surface area contributed by atoms with Crippen LogP contribution in [0.2, 0.25) is 0 Å². The topological polar surface area (TPSA) is 51.6 Å². The van der Waals surface area contributed by atoms with Crippen molar-refractivity contribution in [3.63, 3.8) is 0 Å². The molecule has 0 radical (unpaired) electrons. The Hall–Kier alpha value is -1.97. The molecule has 3 nitrogen and oxygen atoms in total. The third-order valence-corrected chi connectivity index (χ3v) is 4.35. The summed E-state index contributed by atoms with van der Waals surface area (Å²) < 4.78 is 17.8. The second-order valence-electron chi connectivity index (χ2n) is 4.35. The van der Waals surface area contributed by atoms with Crippen molar-refractivity contribution in [2.75, 3.05) is 4.72 Å². The molecule has 0 bridgehead atoms. The molecule has 0 unspecified atom stereocenters. The Labute approximate surface area is 133 Å². The Kier molecular flexibility index (Phi) is 3.86. The Morgan fingerprint density at radius 3 is 2.86 bits per heavy atom. The second-order valence-corrected chi connectivity index (χ2v) is 6.12. The number of H-pyrrole nitrogens is 1. The van der Waals surface area contributed by atoms with Crippen LogP contribution in [0.3, 0.4) is 0 Å². The van der Waals surface area contributed by atoms with E-state index >= 15 is 0 Å². The molecule has 0 amide bonds. The van der Waals surface area contributed by atoms with Crippen LogP contribution in [0.1, 0.15) is 5.56 Å². The average Bonchev–Trinajstić information content (AvgIpc) is 2.88. The highest BCUT2D eigenvalue weighted by Gasteiger charge is 2.07. The van der Waals surface area contributed by atoms with E-state index in [0.717, 1.165) is 20.3 Å². The van der Waals surface area contributed by atoms with Crippen LogP contribution in [0.25, 0.3) is 10.9 Å². The number of aromatic amines is 1. The molecule has 2 N–H and O–H groups in total. The highest BCUT2D eigenvalue weighted by molar-refractivity contribution is 9.10. The summed E-state index contributed by atoms with van der Waals surface area (Å²) in [4.78, 5) is 4.14. The maximum absolute atomic E-state index is 13.8. The SMILES string of the molecule is N#Cc1ccc(NSc2c[nH]c3cc(Br)ccc23)c(F)c1. The zero-order chi connectivity index (χ0) is 14.8. The number of fused-ring (bicyclic) bond motifs is 1. The first-order valence-electron chi connectivity index (χ1n) is 6.06. The van der Waals surface area contributed by atoms with Crippen molar-refractivity contribution >= 4 is 44.5 Å². The summed E-state index contributed by atoms with van der Waals surface area (Å²) in [7, 11) is 0.